The molecule has 0 bridgehead atoms. The Morgan fingerprint density at radius 3 is 2.33 bits per heavy atom. The van der Waals surface area contributed by atoms with Gasteiger partial charge in [-0.1, -0.05) is 42.3 Å². The van der Waals surface area contributed by atoms with Gasteiger partial charge in [-0.3, -0.25) is 0 Å². The molecule has 0 aromatic heterocycles. The molecule has 0 aliphatic carbocycles. The molecule has 0 amide bonds. The van der Waals surface area contributed by atoms with E-state index in [1.54, 1.807) is 12.1 Å². The molecule has 0 radical (unpaired) electrons. The topological polar surface area (TPSA) is 12.0 Å². The lowest BCUT2D eigenvalue weighted by atomic mass is 9.95. The summed E-state index contributed by atoms with van der Waals surface area (Å²) >= 11 is 12.3. The van der Waals surface area contributed by atoms with Crippen LogP contribution in [-0.4, -0.2) is 6.54 Å². The van der Waals surface area contributed by atoms with Crippen molar-refractivity contribution in [1.29, 1.82) is 0 Å². The Hall–Kier alpha value is -1.09. The summed E-state index contributed by atoms with van der Waals surface area (Å²) in [5.41, 5.74) is 4.19. The quantitative estimate of drug-likeness (QED) is 0.788. The van der Waals surface area contributed by atoms with Crippen molar-refractivity contribution in [3.63, 3.8) is 0 Å². The van der Waals surface area contributed by atoms with E-state index >= 15 is 0 Å². The molecule has 1 unspecified atom stereocenters. The van der Waals surface area contributed by atoms with E-state index in [1.165, 1.54) is 11.6 Å². The summed E-state index contributed by atoms with van der Waals surface area (Å²) in [5, 5.41) is 4.20. The van der Waals surface area contributed by atoms with Gasteiger partial charge in [0.25, 0.3) is 0 Å². The predicted molar refractivity (Wildman–Crippen MR) is 87.9 cm³/mol. The number of halogens is 3. The first-order valence-electron chi connectivity index (χ1n) is 6.89. The molecule has 112 valence electrons. The highest BCUT2D eigenvalue weighted by Crippen LogP contribution is 2.32. The maximum Gasteiger partial charge on any atom is 0.141 e. The van der Waals surface area contributed by atoms with Crippen molar-refractivity contribution in [2.24, 2.45) is 0 Å². The van der Waals surface area contributed by atoms with Crippen LogP contribution in [-0.2, 0) is 0 Å². The second-order valence-corrected chi connectivity index (χ2v) is 5.94. The molecule has 0 spiro atoms. The predicted octanol–water partition coefficient (Wildman–Crippen LogP) is 5.45. The van der Waals surface area contributed by atoms with Gasteiger partial charge in [0, 0.05) is 5.02 Å². The highest BCUT2D eigenvalue weighted by Gasteiger charge is 2.18. The van der Waals surface area contributed by atoms with E-state index in [9.17, 15) is 4.39 Å². The number of aryl methyl sites for hydroxylation is 2. The van der Waals surface area contributed by atoms with E-state index in [1.807, 2.05) is 19.9 Å². The van der Waals surface area contributed by atoms with Crippen molar-refractivity contribution in [2.45, 2.75) is 26.8 Å². The average Bonchev–Trinajstić information content (AvgIpc) is 2.44. The van der Waals surface area contributed by atoms with Crippen LogP contribution in [0.4, 0.5) is 4.39 Å². The van der Waals surface area contributed by atoms with E-state index in [4.69, 9.17) is 23.2 Å². The summed E-state index contributed by atoms with van der Waals surface area (Å²) < 4.78 is 13.4. The van der Waals surface area contributed by atoms with Crippen molar-refractivity contribution in [1.82, 2.24) is 5.32 Å². The van der Waals surface area contributed by atoms with Gasteiger partial charge in [0.05, 0.1) is 11.1 Å². The molecule has 0 saturated carbocycles. The highest BCUT2D eigenvalue weighted by molar-refractivity contribution is 6.31. The summed E-state index contributed by atoms with van der Waals surface area (Å²) in [6.45, 7) is 6.87. The molecule has 1 nitrogen and oxygen atoms in total. The Morgan fingerprint density at radius 1 is 1.05 bits per heavy atom. The fraction of sp³-hybridized carbons (Fsp3) is 0.294. The van der Waals surface area contributed by atoms with Gasteiger partial charge in [0.1, 0.15) is 5.82 Å². The molecule has 1 atom stereocenters. The summed E-state index contributed by atoms with van der Waals surface area (Å²) in [4.78, 5) is 0. The molecule has 4 heteroatoms. The van der Waals surface area contributed by atoms with E-state index < -0.39 is 5.82 Å². The molecule has 21 heavy (non-hydrogen) atoms. The zero-order valence-corrected chi connectivity index (χ0v) is 13.8. The lowest BCUT2D eigenvalue weighted by molar-refractivity contribution is 0.614. The molecule has 1 N–H and O–H groups in total. The van der Waals surface area contributed by atoms with Crippen LogP contribution in [0.3, 0.4) is 0 Å². The molecule has 0 saturated heterocycles. The minimum atomic E-state index is -0.415. The van der Waals surface area contributed by atoms with Gasteiger partial charge >= 0.3 is 0 Å². The molecule has 2 rings (SSSR count). The molecule has 2 aromatic carbocycles. The third-order valence-electron chi connectivity index (χ3n) is 3.61. The molecule has 0 aliphatic rings. The van der Waals surface area contributed by atoms with Crippen LogP contribution in [0.2, 0.25) is 10.0 Å². The minimum Gasteiger partial charge on any atom is -0.306 e. The maximum atomic E-state index is 13.4. The van der Waals surface area contributed by atoms with Crippen molar-refractivity contribution in [2.75, 3.05) is 6.54 Å². The standard InChI is InChI=1S/C17H18Cl2FN/c1-4-21-17(12-5-6-16(20)15(19)9-12)13-7-10(2)11(3)8-14(13)18/h5-9,17,21H,4H2,1-3H3. The Bertz CT molecular complexity index is 655. The van der Waals surface area contributed by atoms with Crippen molar-refractivity contribution < 1.29 is 4.39 Å². The smallest absolute Gasteiger partial charge is 0.141 e. The normalized spacial score (nSPS) is 12.5. The van der Waals surface area contributed by atoms with E-state index in [-0.39, 0.29) is 11.1 Å². The number of hydrogen-bond donors (Lipinski definition) is 1. The largest absolute Gasteiger partial charge is 0.306 e. The Morgan fingerprint density at radius 2 is 1.71 bits per heavy atom. The summed E-state index contributed by atoms with van der Waals surface area (Å²) in [7, 11) is 0. The average molecular weight is 326 g/mol. The lowest BCUT2D eigenvalue weighted by Gasteiger charge is -2.21. The molecule has 2 aromatic rings. The van der Waals surface area contributed by atoms with Gasteiger partial charge in [-0.15, -0.1) is 0 Å². The van der Waals surface area contributed by atoms with Gasteiger partial charge in [0.2, 0.25) is 0 Å². The first kappa shape index (κ1) is 16.3. The molecule has 0 fully saturated rings. The molecule has 0 aliphatic heterocycles. The summed E-state index contributed by atoms with van der Waals surface area (Å²) in [6.07, 6.45) is 0. The van der Waals surface area contributed by atoms with Crippen molar-refractivity contribution in [3.05, 3.63) is 68.4 Å². The van der Waals surface area contributed by atoms with E-state index in [0.29, 0.717) is 5.02 Å². The van der Waals surface area contributed by atoms with Crippen LogP contribution in [0.15, 0.2) is 30.3 Å². The van der Waals surface area contributed by atoms with Gasteiger partial charge < -0.3 is 5.32 Å². The van der Waals surface area contributed by atoms with Crippen LogP contribution < -0.4 is 5.32 Å². The zero-order valence-electron chi connectivity index (χ0n) is 12.3. The first-order chi connectivity index (χ1) is 9.93. The second kappa shape index (κ2) is 6.78. The van der Waals surface area contributed by atoms with Crippen molar-refractivity contribution >= 4 is 23.2 Å². The number of benzene rings is 2. The number of nitrogens with one attached hydrogen (secondary N) is 1. The van der Waals surface area contributed by atoms with E-state index in [2.05, 4.69) is 18.3 Å². The SMILES string of the molecule is CCNC(c1ccc(F)c(Cl)c1)c1cc(C)c(C)cc1Cl. The first-order valence-corrected chi connectivity index (χ1v) is 7.64. The van der Waals surface area contributed by atoms with Gasteiger partial charge in [-0.2, -0.15) is 0 Å². The molecule has 0 heterocycles. The maximum absolute atomic E-state index is 13.4. The Balaban J connectivity index is 2.52. The Kier molecular flexibility index (Phi) is 5.26. The van der Waals surface area contributed by atoms with Crippen LogP contribution in [0.5, 0.6) is 0 Å². The minimum absolute atomic E-state index is 0.111. The van der Waals surface area contributed by atoms with Crippen LogP contribution in [0.25, 0.3) is 0 Å². The van der Waals surface area contributed by atoms with Gasteiger partial charge in [-0.05, 0) is 60.8 Å². The van der Waals surface area contributed by atoms with Gasteiger partial charge in [-0.25, -0.2) is 4.39 Å². The zero-order chi connectivity index (χ0) is 15.6. The third-order valence-corrected chi connectivity index (χ3v) is 4.23. The highest BCUT2D eigenvalue weighted by atomic mass is 35.5. The summed E-state index contributed by atoms with van der Waals surface area (Å²) in [5.74, 6) is -0.415. The van der Waals surface area contributed by atoms with E-state index in [0.717, 1.165) is 23.2 Å². The van der Waals surface area contributed by atoms with Crippen molar-refractivity contribution in [3.8, 4) is 0 Å². The van der Waals surface area contributed by atoms with Gasteiger partial charge in [0.15, 0.2) is 0 Å². The second-order valence-electron chi connectivity index (χ2n) is 5.12. The van der Waals surface area contributed by atoms with Crippen LogP contribution >= 0.6 is 23.2 Å². The third kappa shape index (κ3) is 3.57. The number of hydrogen-bond acceptors (Lipinski definition) is 1. The van der Waals surface area contributed by atoms with Crippen LogP contribution in [0.1, 0.15) is 35.2 Å². The fourth-order valence-corrected chi connectivity index (χ4v) is 2.84. The lowest BCUT2D eigenvalue weighted by Crippen LogP contribution is -2.22. The summed E-state index contributed by atoms with van der Waals surface area (Å²) in [6, 6.07) is 8.69. The number of rotatable bonds is 4. The monoisotopic (exact) mass is 325 g/mol. The Labute approximate surface area is 135 Å². The van der Waals surface area contributed by atoms with Crippen LogP contribution in [0, 0.1) is 19.7 Å². The fourth-order valence-electron chi connectivity index (χ4n) is 2.33. The molecular formula is C17H18Cl2FN. The molecular weight excluding hydrogens is 308 g/mol.